The zero-order valence-corrected chi connectivity index (χ0v) is 16.6. The molecule has 6 nitrogen and oxygen atoms in total. The lowest BCUT2D eigenvalue weighted by Gasteiger charge is -2.19. The number of para-hydroxylation sites is 1. The Kier molecular flexibility index (Phi) is 6.10. The van der Waals surface area contributed by atoms with E-state index in [0.717, 1.165) is 5.56 Å². The molecular weight excluding hydrogens is 344 g/mol. The molecule has 6 heteroatoms. The van der Waals surface area contributed by atoms with Gasteiger partial charge in [0.15, 0.2) is 11.5 Å². The van der Waals surface area contributed by atoms with Gasteiger partial charge in [0, 0.05) is 16.8 Å². The van der Waals surface area contributed by atoms with E-state index in [0.29, 0.717) is 28.4 Å². The van der Waals surface area contributed by atoms with E-state index in [-0.39, 0.29) is 11.8 Å². The lowest BCUT2D eigenvalue weighted by atomic mass is 9.95. The fraction of sp³-hybridized carbons (Fsp3) is 0.333. The average molecular weight is 370 g/mol. The van der Waals surface area contributed by atoms with Gasteiger partial charge in [0.2, 0.25) is 5.91 Å². The van der Waals surface area contributed by atoms with Crippen molar-refractivity contribution in [3.05, 3.63) is 47.5 Å². The van der Waals surface area contributed by atoms with Gasteiger partial charge in [-0.2, -0.15) is 0 Å². The molecule has 144 valence electrons. The highest BCUT2D eigenvalue weighted by atomic mass is 16.5. The highest BCUT2D eigenvalue weighted by molar-refractivity contribution is 6.07. The van der Waals surface area contributed by atoms with Crippen LogP contribution < -0.4 is 20.1 Å². The minimum Gasteiger partial charge on any atom is -0.493 e. The minimum absolute atomic E-state index is 0.0990. The monoisotopic (exact) mass is 370 g/mol. The second kappa shape index (κ2) is 8.12. The van der Waals surface area contributed by atoms with E-state index in [4.69, 9.17) is 9.47 Å². The average Bonchev–Trinajstić information content (AvgIpc) is 2.62. The molecule has 2 aromatic carbocycles. The van der Waals surface area contributed by atoms with Crippen LogP contribution in [-0.2, 0) is 4.79 Å². The normalized spacial score (nSPS) is 10.9. The molecule has 0 atom stereocenters. The first-order chi connectivity index (χ1) is 12.7. The van der Waals surface area contributed by atoms with E-state index in [1.54, 1.807) is 30.3 Å². The van der Waals surface area contributed by atoms with Crippen molar-refractivity contribution in [1.82, 2.24) is 0 Å². The van der Waals surface area contributed by atoms with Crippen LogP contribution in [0.2, 0.25) is 0 Å². The molecule has 0 aliphatic heterocycles. The molecule has 0 spiro atoms. The smallest absolute Gasteiger partial charge is 0.259 e. The number of anilines is 2. The molecule has 0 aromatic heterocycles. The summed E-state index contributed by atoms with van der Waals surface area (Å²) < 4.78 is 10.6. The van der Waals surface area contributed by atoms with Gasteiger partial charge in [-0.1, -0.05) is 32.9 Å². The van der Waals surface area contributed by atoms with Gasteiger partial charge in [0.05, 0.1) is 19.8 Å². The van der Waals surface area contributed by atoms with Crippen molar-refractivity contribution < 1.29 is 19.1 Å². The maximum Gasteiger partial charge on any atom is 0.259 e. The summed E-state index contributed by atoms with van der Waals surface area (Å²) in [4.78, 5) is 25.0. The Balaban J connectivity index is 2.28. The molecule has 27 heavy (non-hydrogen) atoms. The number of aryl methyl sites for hydroxylation is 1. The molecule has 0 aliphatic carbocycles. The van der Waals surface area contributed by atoms with Gasteiger partial charge in [0.25, 0.3) is 5.91 Å². The molecule has 2 N–H and O–H groups in total. The van der Waals surface area contributed by atoms with Crippen molar-refractivity contribution in [2.75, 3.05) is 24.9 Å². The van der Waals surface area contributed by atoms with Crippen LogP contribution in [0.25, 0.3) is 0 Å². The summed E-state index contributed by atoms with van der Waals surface area (Å²) in [5, 5.41) is 5.75. The molecule has 0 aliphatic rings. The molecule has 0 unspecified atom stereocenters. The quantitative estimate of drug-likeness (QED) is 0.825. The first-order valence-electron chi connectivity index (χ1n) is 8.62. The zero-order chi connectivity index (χ0) is 20.2. The van der Waals surface area contributed by atoms with E-state index in [9.17, 15) is 9.59 Å². The molecule has 2 aromatic rings. The molecule has 0 radical (unpaired) electrons. The van der Waals surface area contributed by atoms with Crippen LogP contribution in [0.15, 0.2) is 36.4 Å². The van der Waals surface area contributed by atoms with Gasteiger partial charge < -0.3 is 20.1 Å². The molecular formula is C21H26N2O4. The highest BCUT2D eigenvalue weighted by Gasteiger charge is 2.22. The summed E-state index contributed by atoms with van der Waals surface area (Å²) in [5.74, 6) is 0.423. The Morgan fingerprint density at radius 3 is 2.26 bits per heavy atom. The number of carbonyl (C=O) groups is 2. The number of benzene rings is 2. The molecule has 0 fully saturated rings. The number of methoxy groups -OCH3 is 2. The SMILES string of the molecule is COc1cccc(C(=O)Nc2cc(NC(=O)C(C)(C)C)ccc2C)c1OC. The van der Waals surface area contributed by atoms with Crippen LogP contribution >= 0.6 is 0 Å². The van der Waals surface area contributed by atoms with E-state index < -0.39 is 5.41 Å². The lowest BCUT2D eigenvalue weighted by Crippen LogP contribution is -2.27. The Morgan fingerprint density at radius 1 is 0.963 bits per heavy atom. The van der Waals surface area contributed by atoms with Gasteiger partial charge in [0.1, 0.15) is 0 Å². The van der Waals surface area contributed by atoms with Crippen molar-refractivity contribution in [1.29, 1.82) is 0 Å². The zero-order valence-electron chi connectivity index (χ0n) is 16.6. The number of hydrogen-bond acceptors (Lipinski definition) is 4. The van der Waals surface area contributed by atoms with Gasteiger partial charge in [-0.25, -0.2) is 0 Å². The lowest BCUT2D eigenvalue weighted by molar-refractivity contribution is -0.123. The van der Waals surface area contributed by atoms with Gasteiger partial charge in [-0.3, -0.25) is 9.59 Å². The summed E-state index contributed by atoms with van der Waals surface area (Å²) in [5.41, 5.74) is 1.95. The molecule has 0 saturated carbocycles. The first kappa shape index (κ1) is 20.3. The van der Waals surface area contributed by atoms with Crippen molar-refractivity contribution in [3.8, 4) is 11.5 Å². The predicted molar refractivity (Wildman–Crippen MR) is 107 cm³/mol. The van der Waals surface area contributed by atoms with E-state index in [1.807, 2.05) is 33.8 Å². The standard InChI is InChI=1S/C21H26N2O4/c1-13-10-11-14(22-20(25)21(2,3)4)12-16(13)23-19(24)15-8-7-9-17(26-5)18(15)27-6/h7-12H,1-6H3,(H,22,25)(H,23,24). The van der Waals surface area contributed by atoms with E-state index in [1.165, 1.54) is 14.2 Å². The Labute approximate surface area is 159 Å². The number of ether oxygens (including phenoxy) is 2. The molecule has 2 rings (SSSR count). The fourth-order valence-electron chi connectivity index (χ4n) is 2.41. The second-order valence-electron chi connectivity index (χ2n) is 7.23. The number of nitrogens with one attached hydrogen (secondary N) is 2. The summed E-state index contributed by atoms with van der Waals surface area (Å²) in [6.45, 7) is 7.41. The molecule has 0 heterocycles. The van der Waals surface area contributed by atoms with Crippen LogP contribution in [-0.4, -0.2) is 26.0 Å². The number of rotatable bonds is 5. The topological polar surface area (TPSA) is 76.7 Å². The summed E-state index contributed by atoms with van der Waals surface area (Å²) in [6.07, 6.45) is 0. The number of amides is 2. The first-order valence-corrected chi connectivity index (χ1v) is 8.62. The van der Waals surface area contributed by atoms with Gasteiger partial charge >= 0.3 is 0 Å². The minimum atomic E-state index is -0.512. The third kappa shape index (κ3) is 4.78. The number of hydrogen-bond donors (Lipinski definition) is 2. The molecule has 0 saturated heterocycles. The van der Waals surface area contributed by atoms with Crippen molar-refractivity contribution >= 4 is 23.2 Å². The van der Waals surface area contributed by atoms with Crippen LogP contribution in [0.3, 0.4) is 0 Å². The van der Waals surface area contributed by atoms with Crippen LogP contribution in [0.4, 0.5) is 11.4 Å². The van der Waals surface area contributed by atoms with Crippen molar-refractivity contribution in [2.45, 2.75) is 27.7 Å². The van der Waals surface area contributed by atoms with Crippen LogP contribution in [0, 0.1) is 12.3 Å². The largest absolute Gasteiger partial charge is 0.493 e. The van der Waals surface area contributed by atoms with Crippen LogP contribution in [0.5, 0.6) is 11.5 Å². The molecule has 2 amide bonds. The third-order valence-corrected chi connectivity index (χ3v) is 4.07. The van der Waals surface area contributed by atoms with Crippen LogP contribution in [0.1, 0.15) is 36.7 Å². The summed E-state index contributed by atoms with van der Waals surface area (Å²) in [7, 11) is 3.01. The third-order valence-electron chi connectivity index (χ3n) is 4.07. The van der Waals surface area contributed by atoms with Gasteiger partial charge in [-0.05, 0) is 36.8 Å². The highest BCUT2D eigenvalue weighted by Crippen LogP contribution is 2.31. The van der Waals surface area contributed by atoms with Gasteiger partial charge in [-0.15, -0.1) is 0 Å². The Bertz CT molecular complexity index is 854. The van der Waals surface area contributed by atoms with Crippen molar-refractivity contribution in [3.63, 3.8) is 0 Å². The van der Waals surface area contributed by atoms with Crippen molar-refractivity contribution in [2.24, 2.45) is 5.41 Å². The Morgan fingerprint density at radius 2 is 1.67 bits per heavy atom. The predicted octanol–water partition coefficient (Wildman–Crippen LogP) is 4.25. The summed E-state index contributed by atoms with van der Waals surface area (Å²) in [6, 6.07) is 10.5. The van der Waals surface area contributed by atoms with E-state index >= 15 is 0 Å². The molecule has 0 bridgehead atoms. The second-order valence-corrected chi connectivity index (χ2v) is 7.23. The number of carbonyl (C=O) groups excluding carboxylic acids is 2. The maximum atomic E-state index is 12.8. The summed E-state index contributed by atoms with van der Waals surface area (Å²) >= 11 is 0. The Hall–Kier alpha value is -3.02. The maximum absolute atomic E-state index is 12.8. The van der Waals surface area contributed by atoms with E-state index in [2.05, 4.69) is 10.6 Å². The fourth-order valence-corrected chi connectivity index (χ4v) is 2.41.